The van der Waals surface area contributed by atoms with Gasteiger partial charge in [0.05, 0.1) is 11.4 Å². The Bertz CT molecular complexity index is 760. The third kappa shape index (κ3) is 3.53. The molecule has 2 aromatic heterocycles. The number of aromatic nitrogens is 1. The van der Waals surface area contributed by atoms with Gasteiger partial charge in [0.1, 0.15) is 12.0 Å². The van der Waals surface area contributed by atoms with Crippen LogP contribution in [0.4, 0.5) is 5.69 Å². The predicted octanol–water partition coefficient (Wildman–Crippen LogP) is 3.64. The van der Waals surface area contributed by atoms with Gasteiger partial charge in [0.15, 0.2) is 5.96 Å². The Hall–Kier alpha value is -2.60. The van der Waals surface area contributed by atoms with Crippen LogP contribution in [0.1, 0.15) is 11.3 Å². The van der Waals surface area contributed by atoms with Crippen molar-refractivity contribution in [3.63, 3.8) is 0 Å². The topological polar surface area (TPSA) is 76.4 Å². The highest BCUT2D eigenvalue weighted by Crippen LogP contribution is 2.23. The zero-order valence-corrected chi connectivity index (χ0v) is 12.9. The molecule has 112 valence electrons. The van der Waals surface area contributed by atoms with Gasteiger partial charge in [-0.05, 0) is 30.5 Å². The highest BCUT2D eigenvalue weighted by Gasteiger charge is 2.07. The second kappa shape index (κ2) is 6.44. The molecule has 2 heterocycles. The number of aryl methyl sites for hydroxylation is 1. The lowest BCUT2D eigenvalue weighted by Crippen LogP contribution is -2.22. The summed E-state index contributed by atoms with van der Waals surface area (Å²) >= 11 is 1.59. The number of hydrogen-bond acceptors (Lipinski definition) is 4. The van der Waals surface area contributed by atoms with E-state index >= 15 is 0 Å². The number of thiophene rings is 1. The fraction of sp³-hybridized carbons (Fsp3) is 0.125. The van der Waals surface area contributed by atoms with Crippen LogP contribution in [0.3, 0.4) is 0 Å². The number of nitrogens with two attached hydrogens (primary N) is 1. The number of oxazole rings is 1. The van der Waals surface area contributed by atoms with Crippen LogP contribution in [0.2, 0.25) is 0 Å². The monoisotopic (exact) mass is 312 g/mol. The molecular weight excluding hydrogens is 296 g/mol. The molecule has 0 radical (unpaired) electrons. The summed E-state index contributed by atoms with van der Waals surface area (Å²) in [5.74, 6) is 0.967. The van der Waals surface area contributed by atoms with Gasteiger partial charge in [-0.15, -0.1) is 11.3 Å². The van der Waals surface area contributed by atoms with Gasteiger partial charge in [-0.1, -0.05) is 23.8 Å². The average molecular weight is 312 g/mol. The second-order valence-corrected chi connectivity index (χ2v) is 5.76. The molecule has 0 amide bonds. The SMILES string of the molecule is Cc1ccc(NC(N)=NCc2coc(-c3cccs3)n2)cc1. The normalized spacial score (nSPS) is 11.6. The molecular formula is C16H16N4OS. The molecule has 0 aliphatic rings. The van der Waals surface area contributed by atoms with Crippen molar-refractivity contribution in [3.8, 4) is 10.8 Å². The predicted molar refractivity (Wildman–Crippen MR) is 89.9 cm³/mol. The quantitative estimate of drug-likeness (QED) is 0.569. The van der Waals surface area contributed by atoms with E-state index in [0.717, 1.165) is 16.3 Å². The van der Waals surface area contributed by atoms with Crippen molar-refractivity contribution in [1.82, 2.24) is 4.98 Å². The zero-order valence-electron chi connectivity index (χ0n) is 12.1. The Balaban J connectivity index is 1.62. The first-order valence-electron chi connectivity index (χ1n) is 6.82. The molecule has 0 aliphatic heterocycles. The smallest absolute Gasteiger partial charge is 0.236 e. The number of aliphatic imine (C=N–C) groups is 1. The molecule has 22 heavy (non-hydrogen) atoms. The first-order valence-corrected chi connectivity index (χ1v) is 7.70. The number of nitrogens with zero attached hydrogens (tertiary/aromatic N) is 2. The van der Waals surface area contributed by atoms with Gasteiger partial charge in [-0.25, -0.2) is 9.98 Å². The largest absolute Gasteiger partial charge is 0.443 e. The molecule has 3 N–H and O–H groups in total. The fourth-order valence-corrected chi connectivity index (χ4v) is 2.54. The lowest BCUT2D eigenvalue weighted by atomic mass is 10.2. The highest BCUT2D eigenvalue weighted by atomic mass is 32.1. The summed E-state index contributed by atoms with van der Waals surface area (Å²) in [6, 6.07) is 11.9. The number of guanidine groups is 1. The Labute approximate surface area is 132 Å². The van der Waals surface area contributed by atoms with Crippen LogP contribution in [-0.2, 0) is 6.54 Å². The van der Waals surface area contributed by atoms with Gasteiger partial charge in [0.2, 0.25) is 5.89 Å². The van der Waals surface area contributed by atoms with Gasteiger partial charge in [-0.2, -0.15) is 0 Å². The van der Waals surface area contributed by atoms with E-state index in [4.69, 9.17) is 10.2 Å². The minimum absolute atomic E-state index is 0.351. The molecule has 5 nitrogen and oxygen atoms in total. The molecule has 0 unspecified atom stereocenters. The molecule has 3 aromatic rings. The molecule has 0 aliphatic carbocycles. The van der Waals surface area contributed by atoms with Gasteiger partial charge in [0, 0.05) is 5.69 Å². The minimum atomic E-state index is 0.351. The van der Waals surface area contributed by atoms with E-state index < -0.39 is 0 Å². The lowest BCUT2D eigenvalue weighted by molar-refractivity contribution is 0.574. The molecule has 0 saturated heterocycles. The Morgan fingerprint density at radius 3 is 2.86 bits per heavy atom. The van der Waals surface area contributed by atoms with E-state index in [2.05, 4.69) is 15.3 Å². The lowest BCUT2D eigenvalue weighted by Gasteiger charge is -2.05. The third-order valence-corrected chi connectivity index (χ3v) is 3.88. The van der Waals surface area contributed by atoms with Crippen LogP contribution in [0.5, 0.6) is 0 Å². The Morgan fingerprint density at radius 2 is 2.14 bits per heavy atom. The van der Waals surface area contributed by atoms with Crippen molar-refractivity contribution in [2.75, 3.05) is 5.32 Å². The first-order chi connectivity index (χ1) is 10.7. The maximum Gasteiger partial charge on any atom is 0.236 e. The van der Waals surface area contributed by atoms with Gasteiger partial charge in [0.25, 0.3) is 0 Å². The maximum absolute atomic E-state index is 5.88. The molecule has 0 saturated carbocycles. The van der Waals surface area contributed by atoms with E-state index in [0.29, 0.717) is 18.4 Å². The molecule has 0 bridgehead atoms. The summed E-state index contributed by atoms with van der Waals surface area (Å²) in [4.78, 5) is 9.67. The fourth-order valence-electron chi connectivity index (χ4n) is 1.88. The highest BCUT2D eigenvalue weighted by molar-refractivity contribution is 7.13. The van der Waals surface area contributed by atoms with E-state index in [1.807, 2.05) is 48.7 Å². The first kappa shape index (κ1) is 14.3. The molecule has 6 heteroatoms. The maximum atomic E-state index is 5.88. The summed E-state index contributed by atoms with van der Waals surface area (Å²) in [6.07, 6.45) is 1.61. The van der Waals surface area contributed by atoms with Crippen LogP contribution < -0.4 is 11.1 Å². The van der Waals surface area contributed by atoms with E-state index in [1.54, 1.807) is 17.6 Å². The van der Waals surface area contributed by atoms with Crippen LogP contribution >= 0.6 is 11.3 Å². The van der Waals surface area contributed by atoms with Crippen molar-refractivity contribution in [3.05, 3.63) is 59.3 Å². The summed E-state index contributed by atoms with van der Waals surface area (Å²) in [5.41, 5.74) is 8.73. The standard InChI is InChI=1S/C16H16N4OS/c1-11-4-6-12(7-5-11)20-16(17)18-9-13-10-21-15(19-13)14-3-2-8-22-14/h2-8,10H,9H2,1H3,(H3,17,18,20). The number of anilines is 1. The van der Waals surface area contributed by atoms with Gasteiger partial charge >= 0.3 is 0 Å². The average Bonchev–Trinajstić information content (AvgIpc) is 3.18. The minimum Gasteiger partial charge on any atom is -0.443 e. The van der Waals surface area contributed by atoms with Crippen molar-refractivity contribution in [2.45, 2.75) is 13.5 Å². The van der Waals surface area contributed by atoms with Crippen LogP contribution in [-0.4, -0.2) is 10.9 Å². The van der Waals surface area contributed by atoms with Crippen molar-refractivity contribution >= 4 is 23.0 Å². The van der Waals surface area contributed by atoms with Gasteiger partial charge in [-0.3, -0.25) is 0 Å². The van der Waals surface area contributed by atoms with Crippen molar-refractivity contribution in [1.29, 1.82) is 0 Å². The van der Waals surface area contributed by atoms with E-state index in [9.17, 15) is 0 Å². The molecule has 1 aromatic carbocycles. The number of benzene rings is 1. The molecule has 0 fully saturated rings. The van der Waals surface area contributed by atoms with Crippen LogP contribution in [0, 0.1) is 6.92 Å². The number of hydrogen-bond donors (Lipinski definition) is 2. The third-order valence-electron chi connectivity index (χ3n) is 3.02. The van der Waals surface area contributed by atoms with Crippen molar-refractivity contribution in [2.24, 2.45) is 10.7 Å². The number of rotatable bonds is 4. The zero-order chi connectivity index (χ0) is 15.4. The van der Waals surface area contributed by atoms with E-state index in [1.165, 1.54) is 5.56 Å². The van der Waals surface area contributed by atoms with Crippen LogP contribution in [0.25, 0.3) is 10.8 Å². The summed E-state index contributed by atoms with van der Waals surface area (Å²) < 4.78 is 5.44. The second-order valence-electron chi connectivity index (χ2n) is 4.81. The van der Waals surface area contributed by atoms with Crippen molar-refractivity contribution < 1.29 is 4.42 Å². The number of nitrogens with one attached hydrogen (secondary N) is 1. The molecule has 0 spiro atoms. The van der Waals surface area contributed by atoms with Crippen LogP contribution in [0.15, 0.2) is 57.5 Å². The molecule has 3 rings (SSSR count). The Morgan fingerprint density at radius 1 is 1.32 bits per heavy atom. The van der Waals surface area contributed by atoms with Gasteiger partial charge < -0.3 is 15.5 Å². The summed E-state index contributed by atoms with van der Waals surface area (Å²) in [6.45, 7) is 2.41. The molecule has 0 atom stereocenters. The summed E-state index contributed by atoms with van der Waals surface area (Å²) in [7, 11) is 0. The Kier molecular flexibility index (Phi) is 4.20. The summed E-state index contributed by atoms with van der Waals surface area (Å²) in [5, 5.41) is 5.03. The van der Waals surface area contributed by atoms with E-state index in [-0.39, 0.29) is 0 Å².